The van der Waals surface area contributed by atoms with Crippen molar-refractivity contribution in [3.63, 3.8) is 0 Å². The minimum Gasteiger partial charge on any atom is -0.379 e. The lowest BCUT2D eigenvalue weighted by molar-refractivity contribution is -0.126. The van der Waals surface area contributed by atoms with Gasteiger partial charge in [0.25, 0.3) is 5.91 Å². The molecule has 2 amide bonds. The maximum atomic E-state index is 12.8. The summed E-state index contributed by atoms with van der Waals surface area (Å²) in [5, 5.41) is 7.67. The fourth-order valence-corrected chi connectivity index (χ4v) is 3.77. The predicted octanol–water partition coefficient (Wildman–Crippen LogP) is 1.84. The normalized spacial score (nSPS) is 16.4. The molecule has 1 aliphatic rings. The van der Waals surface area contributed by atoms with Crippen molar-refractivity contribution in [1.82, 2.24) is 20.5 Å². The predicted molar refractivity (Wildman–Crippen MR) is 108 cm³/mol. The number of hydrogen-bond acceptors (Lipinski definition) is 6. The van der Waals surface area contributed by atoms with Gasteiger partial charge >= 0.3 is 0 Å². The largest absolute Gasteiger partial charge is 0.379 e. The highest BCUT2D eigenvalue weighted by atomic mass is 32.1. The molecule has 2 aromatic rings. The molecule has 1 aliphatic heterocycles. The molecule has 1 atom stereocenters. The SMILES string of the molecule is CC(C)(NC(=O)c1cccs1)C(=O)NC[C@@H](c1ccncc1)N1CCOCC1. The second-order valence-corrected chi connectivity index (χ2v) is 8.16. The number of carbonyl (C=O) groups excluding carboxylic acids is 2. The number of nitrogens with zero attached hydrogens (tertiary/aromatic N) is 2. The number of ether oxygens (including phenoxy) is 1. The van der Waals surface area contributed by atoms with Crippen LogP contribution in [0.15, 0.2) is 42.0 Å². The molecule has 8 heteroatoms. The summed E-state index contributed by atoms with van der Waals surface area (Å²) in [6.45, 7) is 6.84. The Balaban J connectivity index is 1.64. The van der Waals surface area contributed by atoms with Gasteiger partial charge in [0.05, 0.1) is 24.1 Å². The van der Waals surface area contributed by atoms with Crippen LogP contribution >= 0.6 is 11.3 Å². The van der Waals surface area contributed by atoms with Gasteiger partial charge in [0, 0.05) is 32.0 Å². The Labute approximate surface area is 169 Å². The number of carbonyl (C=O) groups is 2. The van der Waals surface area contributed by atoms with E-state index in [0.717, 1.165) is 18.7 Å². The zero-order chi connectivity index (χ0) is 20.0. The van der Waals surface area contributed by atoms with Gasteiger partial charge in [-0.15, -0.1) is 11.3 Å². The van der Waals surface area contributed by atoms with Gasteiger partial charge in [-0.25, -0.2) is 0 Å². The number of hydrogen-bond donors (Lipinski definition) is 2. The van der Waals surface area contributed by atoms with Crippen LogP contribution in [0, 0.1) is 0 Å². The molecule has 2 N–H and O–H groups in total. The van der Waals surface area contributed by atoms with Gasteiger partial charge in [-0.3, -0.25) is 19.5 Å². The van der Waals surface area contributed by atoms with Gasteiger partial charge in [-0.2, -0.15) is 0 Å². The molecule has 0 spiro atoms. The smallest absolute Gasteiger partial charge is 0.262 e. The van der Waals surface area contributed by atoms with Gasteiger partial charge in [0.2, 0.25) is 5.91 Å². The van der Waals surface area contributed by atoms with Crippen LogP contribution in [0.5, 0.6) is 0 Å². The molecule has 3 rings (SSSR count). The fourth-order valence-electron chi connectivity index (χ4n) is 3.15. The summed E-state index contributed by atoms with van der Waals surface area (Å²) in [4.78, 5) is 32.1. The Morgan fingerprint density at radius 1 is 1.25 bits per heavy atom. The van der Waals surface area contributed by atoms with Crippen molar-refractivity contribution in [3.8, 4) is 0 Å². The number of rotatable bonds is 7. The molecule has 0 radical (unpaired) electrons. The lowest BCUT2D eigenvalue weighted by Gasteiger charge is -2.35. The quantitative estimate of drug-likeness (QED) is 0.738. The van der Waals surface area contributed by atoms with E-state index >= 15 is 0 Å². The summed E-state index contributed by atoms with van der Waals surface area (Å²) in [6, 6.07) is 7.52. The number of aromatic nitrogens is 1. The monoisotopic (exact) mass is 402 g/mol. The van der Waals surface area contributed by atoms with Crippen molar-refractivity contribution in [3.05, 3.63) is 52.5 Å². The van der Waals surface area contributed by atoms with Crippen LogP contribution in [-0.4, -0.2) is 60.1 Å². The molecule has 1 fully saturated rings. The summed E-state index contributed by atoms with van der Waals surface area (Å²) < 4.78 is 5.46. The minimum absolute atomic E-state index is 0.0275. The van der Waals surface area contributed by atoms with E-state index in [0.29, 0.717) is 24.6 Å². The second-order valence-electron chi connectivity index (χ2n) is 7.21. The van der Waals surface area contributed by atoms with E-state index in [-0.39, 0.29) is 17.9 Å². The molecule has 0 aliphatic carbocycles. The number of amides is 2. The van der Waals surface area contributed by atoms with Crippen LogP contribution in [0.1, 0.15) is 35.1 Å². The molecule has 7 nitrogen and oxygen atoms in total. The minimum atomic E-state index is -1.02. The van der Waals surface area contributed by atoms with Crippen molar-refractivity contribution < 1.29 is 14.3 Å². The van der Waals surface area contributed by atoms with E-state index in [2.05, 4.69) is 20.5 Å². The van der Waals surface area contributed by atoms with Gasteiger partial charge in [0.1, 0.15) is 5.54 Å². The standard InChI is InChI=1S/C20H26N4O3S/c1-20(2,23-18(25)17-4-3-13-28-17)19(26)22-14-16(15-5-7-21-8-6-15)24-9-11-27-12-10-24/h3-8,13,16H,9-12,14H2,1-2H3,(H,22,26)(H,23,25)/t16-/m0/s1. The molecule has 28 heavy (non-hydrogen) atoms. The Kier molecular flexibility index (Phi) is 6.77. The average Bonchev–Trinajstić information content (AvgIpc) is 3.24. The van der Waals surface area contributed by atoms with E-state index in [1.807, 2.05) is 23.6 Å². The topological polar surface area (TPSA) is 83.6 Å². The fraction of sp³-hybridized carbons (Fsp3) is 0.450. The number of thiophene rings is 1. The first-order valence-corrected chi connectivity index (χ1v) is 10.2. The van der Waals surface area contributed by atoms with E-state index in [4.69, 9.17) is 4.74 Å². The Hall–Kier alpha value is -2.29. The molecule has 150 valence electrons. The zero-order valence-corrected chi connectivity index (χ0v) is 17.0. The summed E-state index contributed by atoms with van der Waals surface area (Å²) in [7, 11) is 0. The second kappa shape index (κ2) is 9.27. The Bertz CT molecular complexity index is 774. The van der Waals surface area contributed by atoms with Crippen LogP contribution in [0.4, 0.5) is 0 Å². The van der Waals surface area contributed by atoms with E-state index in [1.54, 1.807) is 32.3 Å². The van der Waals surface area contributed by atoms with Gasteiger partial charge in [0.15, 0.2) is 0 Å². The van der Waals surface area contributed by atoms with E-state index in [9.17, 15) is 9.59 Å². The number of pyridine rings is 1. The summed E-state index contributed by atoms with van der Waals surface area (Å²) in [5.74, 6) is -0.460. The molecule has 2 aromatic heterocycles. The molecule has 0 unspecified atom stereocenters. The highest BCUT2D eigenvalue weighted by Crippen LogP contribution is 2.21. The van der Waals surface area contributed by atoms with Crippen LogP contribution in [0.2, 0.25) is 0 Å². The zero-order valence-electron chi connectivity index (χ0n) is 16.2. The number of nitrogens with one attached hydrogen (secondary N) is 2. The Morgan fingerprint density at radius 3 is 2.61 bits per heavy atom. The van der Waals surface area contributed by atoms with Crippen molar-refractivity contribution in [1.29, 1.82) is 0 Å². The first-order chi connectivity index (χ1) is 13.5. The van der Waals surface area contributed by atoms with Crippen molar-refractivity contribution in [2.75, 3.05) is 32.8 Å². The van der Waals surface area contributed by atoms with Crippen LogP contribution in [-0.2, 0) is 9.53 Å². The summed E-state index contributed by atoms with van der Waals surface area (Å²) in [6.07, 6.45) is 3.52. The molecule has 3 heterocycles. The third-order valence-electron chi connectivity index (χ3n) is 4.77. The van der Waals surface area contributed by atoms with Crippen molar-refractivity contribution in [2.24, 2.45) is 0 Å². The van der Waals surface area contributed by atoms with Gasteiger partial charge in [-0.1, -0.05) is 6.07 Å². The molecule has 0 aromatic carbocycles. The van der Waals surface area contributed by atoms with E-state index in [1.165, 1.54) is 11.3 Å². The summed E-state index contributed by atoms with van der Waals surface area (Å²) >= 11 is 1.35. The highest BCUT2D eigenvalue weighted by Gasteiger charge is 2.31. The first kappa shape index (κ1) is 20.4. The van der Waals surface area contributed by atoms with Gasteiger partial charge in [-0.05, 0) is 43.0 Å². The Morgan fingerprint density at radius 2 is 1.96 bits per heavy atom. The van der Waals surface area contributed by atoms with Crippen molar-refractivity contribution >= 4 is 23.2 Å². The number of morpholine rings is 1. The third kappa shape index (κ3) is 5.15. The van der Waals surface area contributed by atoms with Crippen LogP contribution in [0.25, 0.3) is 0 Å². The average molecular weight is 403 g/mol. The van der Waals surface area contributed by atoms with Crippen LogP contribution < -0.4 is 10.6 Å². The molecular weight excluding hydrogens is 376 g/mol. The van der Waals surface area contributed by atoms with Crippen molar-refractivity contribution in [2.45, 2.75) is 25.4 Å². The molecule has 0 saturated carbocycles. The highest BCUT2D eigenvalue weighted by molar-refractivity contribution is 7.12. The maximum absolute atomic E-state index is 12.8. The lowest BCUT2D eigenvalue weighted by atomic mass is 10.0. The molecule has 0 bridgehead atoms. The molecular formula is C20H26N4O3S. The van der Waals surface area contributed by atoms with Crippen LogP contribution in [0.3, 0.4) is 0 Å². The first-order valence-electron chi connectivity index (χ1n) is 9.33. The summed E-state index contributed by atoms with van der Waals surface area (Å²) in [5.41, 5.74) is 0.0761. The maximum Gasteiger partial charge on any atom is 0.262 e. The van der Waals surface area contributed by atoms with E-state index < -0.39 is 5.54 Å². The van der Waals surface area contributed by atoms with Gasteiger partial charge < -0.3 is 15.4 Å². The lowest BCUT2D eigenvalue weighted by Crippen LogP contribution is -2.56. The molecule has 1 saturated heterocycles. The third-order valence-corrected chi connectivity index (χ3v) is 5.64.